The van der Waals surface area contributed by atoms with Gasteiger partial charge in [0.15, 0.2) is 0 Å². The maximum atomic E-state index is 14.6. The molecule has 2 N–H and O–H groups in total. The largest absolute Gasteiger partial charge is 0.463 e. The summed E-state index contributed by atoms with van der Waals surface area (Å²) in [6, 6.07) is 7.02. The highest BCUT2D eigenvalue weighted by molar-refractivity contribution is 5.99. The van der Waals surface area contributed by atoms with E-state index in [2.05, 4.69) is 25.4 Å². The fraction of sp³-hybridized carbons (Fsp3) is 0.611. The molecule has 3 aliphatic rings. The van der Waals surface area contributed by atoms with Crippen molar-refractivity contribution in [2.75, 3.05) is 26.3 Å². The zero-order chi connectivity index (χ0) is 33.4. The number of nitrogens with zero attached hydrogens (tertiary/aromatic N) is 2. The van der Waals surface area contributed by atoms with Crippen LogP contribution in [0.5, 0.6) is 0 Å². The van der Waals surface area contributed by atoms with E-state index in [0.29, 0.717) is 38.8 Å². The molecule has 46 heavy (non-hydrogen) atoms. The number of carbonyl (C=O) groups is 4. The van der Waals surface area contributed by atoms with Crippen molar-refractivity contribution in [1.82, 2.24) is 15.1 Å². The lowest BCUT2D eigenvalue weighted by Gasteiger charge is -2.41. The van der Waals surface area contributed by atoms with E-state index in [1.54, 1.807) is 22.0 Å². The van der Waals surface area contributed by atoms with Gasteiger partial charge in [-0.05, 0) is 37.2 Å². The molecule has 3 heterocycles. The van der Waals surface area contributed by atoms with Crippen LogP contribution in [0.1, 0.15) is 77.3 Å². The van der Waals surface area contributed by atoms with E-state index in [9.17, 15) is 24.3 Å². The Labute approximate surface area is 273 Å². The molecule has 1 spiro atoms. The second-order valence-corrected chi connectivity index (χ2v) is 12.8. The molecule has 0 aromatic heterocycles. The topological polar surface area (TPSA) is 125 Å². The van der Waals surface area contributed by atoms with Gasteiger partial charge in [0.25, 0.3) is 0 Å². The first-order valence-corrected chi connectivity index (χ1v) is 16.8. The minimum atomic E-state index is -1.19. The van der Waals surface area contributed by atoms with Crippen molar-refractivity contribution < 1.29 is 33.8 Å². The number of unbranched alkanes of at least 4 members (excludes halogenated alkanes) is 1. The Morgan fingerprint density at radius 1 is 1.22 bits per heavy atom. The van der Waals surface area contributed by atoms with E-state index in [1.165, 1.54) is 0 Å². The van der Waals surface area contributed by atoms with E-state index in [-0.39, 0.29) is 43.3 Å². The summed E-state index contributed by atoms with van der Waals surface area (Å²) in [6.45, 7) is 13.9. The highest BCUT2D eigenvalue weighted by Gasteiger charge is 2.75. The summed E-state index contributed by atoms with van der Waals surface area (Å²) in [5.41, 5.74) is -0.432. The molecular formula is C36H51N3O7. The average molecular weight is 638 g/mol. The van der Waals surface area contributed by atoms with Crippen molar-refractivity contribution in [2.24, 2.45) is 17.8 Å². The number of amides is 3. The van der Waals surface area contributed by atoms with Crippen LogP contribution in [0.25, 0.3) is 0 Å². The molecule has 3 saturated heterocycles. The first kappa shape index (κ1) is 35.4. The number of benzene rings is 1. The first-order valence-electron chi connectivity index (χ1n) is 16.8. The summed E-state index contributed by atoms with van der Waals surface area (Å²) in [5, 5.41) is 13.7. The summed E-state index contributed by atoms with van der Waals surface area (Å²) >= 11 is 0. The molecule has 1 aromatic rings. The second-order valence-electron chi connectivity index (χ2n) is 12.8. The van der Waals surface area contributed by atoms with E-state index in [1.807, 2.05) is 44.2 Å². The molecule has 252 valence electrons. The van der Waals surface area contributed by atoms with Crippen LogP contribution in [0.3, 0.4) is 0 Å². The van der Waals surface area contributed by atoms with E-state index < -0.39 is 47.6 Å². The van der Waals surface area contributed by atoms with Gasteiger partial charge in [0.2, 0.25) is 17.7 Å². The van der Waals surface area contributed by atoms with Crippen LogP contribution < -0.4 is 5.32 Å². The quantitative estimate of drug-likeness (QED) is 0.185. The number of ether oxygens (including phenoxy) is 2. The zero-order valence-electron chi connectivity index (χ0n) is 27.6. The van der Waals surface area contributed by atoms with Gasteiger partial charge >= 0.3 is 5.97 Å². The summed E-state index contributed by atoms with van der Waals surface area (Å²) in [7, 11) is 0. The Morgan fingerprint density at radius 2 is 1.96 bits per heavy atom. The number of allylic oxidation sites excluding steroid dienone is 1. The lowest BCUT2D eigenvalue weighted by molar-refractivity contribution is -0.152. The van der Waals surface area contributed by atoms with Crippen LogP contribution in [-0.4, -0.2) is 88.7 Å². The number of hydrogen-bond donors (Lipinski definition) is 2. The predicted octanol–water partition coefficient (Wildman–Crippen LogP) is 3.95. The van der Waals surface area contributed by atoms with Gasteiger partial charge in [0, 0.05) is 19.5 Å². The summed E-state index contributed by atoms with van der Waals surface area (Å²) in [6.07, 6.45) is 6.81. The molecule has 4 rings (SSSR count). The molecule has 3 amide bonds. The fourth-order valence-corrected chi connectivity index (χ4v) is 7.45. The van der Waals surface area contributed by atoms with Crippen LogP contribution in [0.2, 0.25) is 0 Å². The molecule has 0 aliphatic carbocycles. The first-order chi connectivity index (χ1) is 22.2. The zero-order valence-corrected chi connectivity index (χ0v) is 27.6. The van der Waals surface area contributed by atoms with Gasteiger partial charge in [-0.3, -0.25) is 19.2 Å². The molecule has 0 unspecified atom stereocenters. The van der Waals surface area contributed by atoms with E-state index in [4.69, 9.17) is 9.47 Å². The summed E-state index contributed by atoms with van der Waals surface area (Å²) < 4.78 is 12.2. The van der Waals surface area contributed by atoms with Gasteiger partial charge in [-0.15, -0.1) is 13.2 Å². The highest BCUT2D eigenvalue weighted by atomic mass is 16.5. The maximum absolute atomic E-state index is 14.6. The van der Waals surface area contributed by atoms with Gasteiger partial charge in [0.1, 0.15) is 18.2 Å². The maximum Gasteiger partial charge on any atom is 0.306 e. The van der Waals surface area contributed by atoms with Gasteiger partial charge in [0.05, 0.1) is 36.6 Å². The summed E-state index contributed by atoms with van der Waals surface area (Å²) in [5.74, 6) is -3.17. The molecule has 10 nitrogen and oxygen atoms in total. The van der Waals surface area contributed by atoms with E-state index in [0.717, 1.165) is 18.4 Å². The molecule has 0 saturated carbocycles. The molecule has 10 heteroatoms. The lowest BCUT2D eigenvalue weighted by Crippen LogP contribution is -2.59. The molecule has 3 aliphatic heterocycles. The van der Waals surface area contributed by atoms with Crippen LogP contribution in [-0.2, 0) is 28.7 Å². The number of aliphatic hydroxyl groups is 1. The van der Waals surface area contributed by atoms with Gasteiger partial charge in [-0.2, -0.15) is 0 Å². The molecular weight excluding hydrogens is 586 g/mol. The Bertz CT molecular complexity index is 1260. The Hall–Kier alpha value is -3.50. The number of hydrogen-bond acceptors (Lipinski definition) is 7. The number of aliphatic hydroxyl groups excluding tert-OH is 1. The van der Waals surface area contributed by atoms with Gasteiger partial charge in [-0.25, -0.2) is 0 Å². The predicted molar refractivity (Wildman–Crippen MR) is 174 cm³/mol. The normalized spacial score (nSPS) is 26.6. The highest BCUT2D eigenvalue weighted by Crippen LogP contribution is 2.59. The number of carbonyl (C=O) groups excluding carboxylic acids is 4. The molecule has 2 bridgehead atoms. The van der Waals surface area contributed by atoms with Crippen LogP contribution >= 0.6 is 0 Å². The van der Waals surface area contributed by atoms with Crippen LogP contribution in [0.15, 0.2) is 55.6 Å². The number of fused-ring (bicyclic) bond motifs is 1. The molecule has 0 radical (unpaired) electrons. The van der Waals surface area contributed by atoms with Crippen molar-refractivity contribution in [2.45, 2.75) is 95.5 Å². The Morgan fingerprint density at radius 3 is 2.59 bits per heavy atom. The van der Waals surface area contributed by atoms with Crippen molar-refractivity contribution in [1.29, 1.82) is 0 Å². The van der Waals surface area contributed by atoms with Crippen LogP contribution in [0.4, 0.5) is 0 Å². The van der Waals surface area contributed by atoms with Crippen LogP contribution in [0, 0.1) is 17.8 Å². The minimum Gasteiger partial charge on any atom is -0.463 e. The second kappa shape index (κ2) is 15.9. The molecule has 1 aromatic carbocycles. The number of likely N-dealkylation sites (tertiary alicyclic amines) is 1. The van der Waals surface area contributed by atoms with Crippen molar-refractivity contribution in [3.63, 3.8) is 0 Å². The van der Waals surface area contributed by atoms with Crippen molar-refractivity contribution >= 4 is 23.7 Å². The van der Waals surface area contributed by atoms with Gasteiger partial charge in [-0.1, -0.05) is 76.1 Å². The van der Waals surface area contributed by atoms with Gasteiger partial charge < -0.3 is 29.7 Å². The molecule has 3 fully saturated rings. The summed E-state index contributed by atoms with van der Waals surface area (Å²) in [4.78, 5) is 58.9. The smallest absolute Gasteiger partial charge is 0.306 e. The Kier molecular flexibility index (Phi) is 12.2. The standard InChI is InChI=1S/C36H51N3O7/c1-6-10-17-29(41)45-23-26(25-15-13-12-14-16-25)37-33(42)30-28-18-19-36(46-28)31(30)34(43)39(27(22-40)24(5)9-4)32(36)35(44)38(20-8-3)21-11-7-2/h6,8,12-16,24,26-28,30-32,40H,1,3,7,9-11,17-23H2,2,4-5H3,(H,37,42)/t24-,26+,27-,28+,30-,31-,32+,36-/m0/s1. The number of rotatable bonds is 18. The average Bonchev–Trinajstić information content (AvgIpc) is 3.71. The minimum absolute atomic E-state index is 0.0739. The lowest BCUT2D eigenvalue weighted by atomic mass is 9.70. The van der Waals surface area contributed by atoms with Crippen molar-refractivity contribution in [3.05, 3.63) is 61.2 Å². The molecule has 8 atom stereocenters. The third kappa shape index (κ3) is 6.93. The Balaban J connectivity index is 1.68. The monoisotopic (exact) mass is 637 g/mol. The van der Waals surface area contributed by atoms with E-state index >= 15 is 0 Å². The van der Waals surface area contributed by atoms with Crippen molar-refractivity contribution in [3.8, 4) is 0 Å². The third-order valence-electron chi connectivity index (χ3n) is 10.0. The SMILES string of the molecule is C=CCCC(=O)OC[C@@H](NC(=O)[C@@H]1[C@H]2C(=O)N([C@@H](CO)[C@@H](C)CC)[C@H](C(=O)N(CC=C)CCCC)[C@]23CC[C@H]1O3)c1ccccc1. The number of esters is 1. The fourth-order valence-electron chi connectivity index (χ4n) is 7.45. The number of nitrogens with one attached hydrogen (secondary N) is 1. The third-order valence-corrected chi connectivity index (χ3v) is 10.0.